The highest BCUT2D eigenvalue weighted by Crippen LogP contribution is 2.35. The van der Waals surface area contributed by atoms with Crippen molar-refractivity contribution in [3.63, 3.8) is 0 Å². The number of rotatable bonds is 5. The number of fused-ring (bicyclic) bond motifs is 2. The zero-order chi connectivity index (χ0) is 17.8. The van der Waals surface area contributed by atoms with Crippen molar-refractivity contribution in [1.29, 1.82) is 0 Å². The van der Waals surface area contributed by atoms with Gasteiger partial charge < -0.3 is 11.1 Å². The first-order chi connectivity index (χ1) is 12.1. The molecule has 124 valence electrons. The molecule has 0 atom stereocenters. The SMILES string of the molecule is C=C/C=C\C=C/CNc1ccc(N)c2c1C(=O)c1ccccc1C2=O. The van der Waals surface area contributed by atoms with E-state index in [0.29, 0.717) is 34.6 Å². The van der Waals surface area contributed by atoms with Gasteiger partial charge in [-0.2, -0.15) is 0 Å². The topological polar surface area (TPSA) is 72.2 Å². The van der Waals surface area contributed by atoms with Crippen molar-refractivity contribution in [2.45, 2.75) is 0 Å². The van der Waals surface area contributed by atoms with Gasteiger partial charge >= 0.3 is 0 Å². The summed E-state index contributed by atoms with van der Waals surface area (Å²) in [7, 11) is 0. The summed E-state index contributed by atoms with van der Waals surface area (Å²) in [6.45, 7) is 4.11. The number of hydrogen-bond acceptors (Lipinski definition) is 4. The maximum Gasteiger partial charge on any atom is 0.196 e. The molecule has 0 fully saturated rings. The first-order valence-electron chi connectivity index (χ1n) is 7.94. The van der Waals surface area contributed by atoms with E-state index in [4.69, 9.17) is 5.73 Å². The van der Waals surface area contributed by atoms with Gasteiger partial charge in [0.1, 0.15) is 0 Å². The number of nitrogens with one attached hydrogen (secondary N) is 1. The molecule has 3 rings (SSSR count). The molecule has 1 aliphatic carbocycles. The normalized spacial score (nSPS) is 13.1. The van der Waals surface area contributed by atoms with E-state index in [1.807, 2.05) is 24.3 Å². The van der Waals surface area contributed by atoms with Crippen molar-refractivity contribution in [1.82, 2.24) is 0 Å². The third-order valence-corrected chi connectivity index (χ3v) is 4.01. The standard InChI is InChI=1S/C21H18N2O2/c1-2-3-4-5-8-13-23-17-12-11-16(22)18-19(17)21(25)15-10-7-6-9-14(15)20(18)24/h2-12,23H,1,13,22H2/b4-3-,8-5-. The summed E-state index contributed by atoms with van der Waals surface area (Å²) >= 11 is 0. The van der Waals surface area contributed by atoms with E-state index in [0.717, 1.165) is 0 Å². The predicted molar refractivity (Wildman–Crippen MR) is 101 cm³/mol. The van der Waals surface area contributed by atoms with E-state index in [2.05, 4.69) is 11.9 Å². The van der Waals surface area contributed by atoms with Crippen molar-refractivity contribution in [2.24, 2.45) is 0 Å². The first kappa shape index (κ1) is 16.5. The minimum atomic E-state index is -0.212. The van der Waals surface area contributed by atoms with Crippen LogP contribution in [0.2, 0.25) is 0 Å². The van der Waals surface area contributed by atoms with Crippen LogP contribution in [0, 0.1) is 0 Å². The lowest BCUT2D eigenvalue weighted by Crippen LogP contribution is -2.24. The molecule has 4 nitrogen and oxygen atoms in total. The highest BCUT2D eigenvalue weighted by atomic mass is 16.1. The highest BCUT2D eigenvalue weighted by Gasteiger charge is 2.33. The number of nitrogens with two attached hydrogens (primary N) is 1. The van der Waals surface area contributed by atoms with Crippen molar-refractivity contribution >= 4 is 22.9 Å². The Morgan fingerprint density at radius 2 is 1.60 bits per heavy atom. The fraction of sp³-hybridized carbons (Fsp3) is 0.0476. The van der Waals surface area contributed by atoms with Crippen LogP contribution in [0.5, 0.6) is 0 Å². The molecule has 25 heavy (non-hydrogen) atoms. The molecule has 0 spiro atoms. The van der Waals surface area contributed by atoms with E-state index in [-0.39, 0.29) is 17.1 Å². The van der Waals surface area contributed by atoms with Gasteiger partial charge in [0, 0.05) is 29.0 Å². The predicted octanol–water partition coefficient (Wildman–Crippen LogP) is 3.75. The van der Waals surface area contributed by atoms with Crippen molar-refractivity contribution in [3.8, 4) is 0 Å². The number of carbonyl (C=O) groups is 2. The molecule has 2 aromatic rings. The van der Waals surface area contributed by atoms with E-state index in [1.165, 1.54) is 0 Å². The summed E-state index contributed by atoms with van der Waals surface area (Å²) in [5.74, 6) is -0.397. The summed E-state index contributed by atoms with van der Waals surface area (Å²) < 4.78 is 0. The minimum absolute atomic E-state index is 0.185. The van der Waals surface area contributed by atoms with Crippen LogP contribution in [0.25, 0.3) is 0 Å². The zero-order valence-corrected chi connectivity index (χ0v) is 13.7. The largest absolute Gasteiger partial charge is 0.398 e. The Morgan fingerprint density at radius 3 is 2.28 bits per heavy atom. The van der Waals surface area contributed by atoms with Gasteiger partial charge in [-0.15, -0.1) is 0 Å². The molecule has 0 saturated carbocycles. The number of allylic oxidation sites excluding steroid dienone is 4. The number of nitrogen functional groups attached to an aromatic ring is 1. The zero-order valence-electron chi connectivity index (χ0n) is 13.7. The third-order valence-electron chi connectivity index (χ3n) is 4.01. The first-order valence-corrected chi connectivity index (χ1v) is 7.94. The van der Waals surface area contributed by atoms with E-state index < -0.39 is 0 Å². The second-order valence-corrected chi connectivity index (χ2v) is 5.59. The van der Waals surface area contributed by atoms with Gasteiger partial charge in [0.2, 0.25) is 0 Å². The second-order valence-electron chi connectivity index (χ2n) is 5.59. The minimum Gasteiger partial charge on any atom is -0.398 e. The van der Waals surface area contributed by atoms with Crippen LogP contribution in [0.3, 0.4) is 0 Å². The molecule has 0 saturated heterocycles. The number of benzene rings is 2. The average Bonchev–Trinajstić information content (AvgIpc) is 2.63. The molecule has 0 radical (unpaired) electrons. The van der Waals surface area contributed by atoms with Crippen LogP contribution in [0.1, 0.15) is 31.8 Å². The average molecular weight is 330 g/mol. The lowest BCUT2D eigenvalue weighted by Gasteiger charge is -2.21. The molecular weight excluding hydrogens is 312 g/mol. The summed E-state index contributed by atoms with van der Waals surface area (Å²) in [5.41, 5.74) is 8.36. The van der Waals surface area contributed by atoms with Crippen LogP contribution in [-0.2, 0) is 0 Å². The molecule has 0 aromatic heterocycles. The summed E-state index contributed by atoms with van der Waals surface area (Å²) in [5, 5.41) is 3.18. The van der Waals surface area contributed by atoms with Crippen LogP contribution in [0.15, 0.2) is 73.4 Å². The second kappa shape index (κ2) is 7.01. The molecular formula is C21H18N2O2. The van der Waals surface area contributed by atoms with Gasteiger partial charge in [0.05, 0.1) is 11.1 Å². The molecule has 0 heterocycles. The van der Waals surface area contributed by atoms with Crippen molar-refractivity contribution in [3.05, 3.63) is 95.6 Å². The summed E-state index contributed by atoms with van der Waals surface area (Å²) in [6.07, 6.45) is 9.15. The molecule has 2 aromatic carbocycles. The van der Waals surface area contributed by atoms with Crippen molar-refractivity contribution < 1.29 is 9.59 Å². The number of carbonyl (C=O) groups excluding carboxylic acids is 2. The molecule has 0 unspecified atom stereocenters. The monoisotopic (exact) mass is 330 g/mol. The van der Waals surface area contributed by atoms with E-state index in [9.17, 15) is 9.59 Å². The van der Waals surface area contributed by atoms with Gasteiger partial charge in [0.25, 0.3) is 0 Å². The lowest BCUT2D eigenvalue weighted by molar-refractivity contribution is 0.0980. The van der Waals surface area contributed by atoms with Crippen LogP contribution in [0.4, 0.5) is 11.4 Å². The third kappa shape index (κ3) is 3.02. The number of ketones is 2. The Morgan fingerprint density at radius 1 is 0.920 bits per heavy atom. The number of hydrogen-bond donors (Lipinski definition) is 2. The molecule has 3 N–H and O–H groups in total. The smallest absolute Gasteiger partial charge is 0.196 e. The van der Waals surface area contributed by atoms with E-state index >= 15 is 0 Å². The molecule has 0 bridgehead atoms. The maximum atomic E-state index is 12.9. The van der Waals surface area contributed by atoms with Crippen LogP contribution >= 0.6 is 0 Å². The number of anilines is 2. The Labute approximate surface area is 146 Å². The highest BCUT2D eigenvalue weighted by molar-refractivity contribution is 6.31. The van der Waals surface area contributed by atoms with Gasteiger partial charge in [-0.05, 0) is 12.1 Å². The lowest BCUT2D eigenvalue weighted by atomic mass is 9.82. The van der Waals surface area contributed by atoms with Gasteiger partial charge in [0.15, 0.2) is 11.6 Å². The molecule has 0 amide bonds. The maximum absolute atomic E-state index is 12.9. The van der Waals surface area contributed by atoms with Crippen molar-refractivity contribution in [2.75, 3.05) is 17.6 Å². The molecule has 4 heteroatoms. The Bertz CT molecular complexity index is 923. The quantitative estimate of drug-likeness (QED) is 0.552. The van der Waals surface area contributed by atoms with Crippen LogP contribution in [-0.4, -0.2) is 18.1 Å². The Balaban J connectivity index is 1.97. The van der Waals surface area contributed by atoms with Crippen LogP contribution < -0.4 is 11.1 Å². The van der Waals surface area contributed by atoms with Gasteiger partial charge in [-0.3, -0.25) is 9.59 Å². The Hall–Kier alpha value is -3.40. The van der Waals surface area contributed by atoms with Gasteiger partial charge in [-0.25, -0.2) is 0 Å². The van der Waals surface area contributed by atoms with Gasteiger partial charge in [-0.1, -0.05) is 61.2 Å². The summed E-state index contributed by atoms with van der Waals surface area (Å²) in [4.78, 5) is 25.7. The van der Waals surface area contributed by atoms with E-state index in [1.54, 1.807) is 42.5 Å². The summed E-state index contributed by atoms with van der Waals surface area (Å²) in [6, 6.07) is 10.2. The molecule has 1 aliphatic rings. The molecule has 0 aliphatic heterocycles. The Kier molecular flexibility index (Phi) is 4.61. The fourth-order valence-corrected chi connectivity index (χ4v) is 2.85. The fourth-order valence-electron chi connectivity index (χ4n) is 2.85.